The van der Waals surface area contributed by atoms with Gasteiger partial charge in [0.15, 0.2) is 0 Å². The van der Waals surface area contributed by atoms with Crippen LogP contribution in [0.15, 0.2) is 24.3 Å². The third-order valence-electron chi connectivity index (χ3n) is 3.45. The molecule has 1 aliphatic heterocycles. The first-order valence-electron chi connectivity index (χ1n) is 6.47. The molecule has 1 heterocycles. The van der Waals surface area contributed by atoms with E-state index in [0.717, 1.165) is 37.6 Å². The van der Waals surface area contributed by atoms with Crippen LogP contribution in [0.25, 0.3) is 0 Å². The molecule has 1 atom stereocenters. The largest absolute Gasteiger partial charge is 0.495 e. The first-order chi connectivity index (χ1) is 8.70. The Hall–Kier alpha value is -1.26. The second kappa shape index (κ2) is 6.07. The summed E-state index contributed by atoms with van der Waals surface area (Å²) in [6.07, 6.45) is 0. The van der Waals surface area contributed by atoms with Crippen molar-refractivity contribution in [3.8, 4) is 5.75 Å². The third-order valence-corrected chi connectivity index (χ3v) is 3.45. The van der Waals surface area contributed by atoms with Crippen LogP contribution in [-0.4, -0.2) is 58.3 Å². The number of anilines is 1. The summed E-state index contributed by atoms with van der Waals surface area (Å²) in [5, 5.41) is 3.56. The lowest BCUT2D eigenvalue weighted by molar-refractivity contribution is 0.241. The van der Waals surface area contributed by atoms with Crippen LogP contribution in [-0.2, 0) is 0 Å². The standard InChI is InChI=1S/C14H23N3O/c1-16-9-8-15-12(10-16)11-17(2)13-6-4-5-7-14(13)18-3/h4-7,12,15H,8-11H2,1-3H3. The molecule has 2 rings (SSSR count). The number of rotatable bonds is 4. The number of piperazine rings is 1. The van der Waals surface area contributed by atoms with E-state index in [0.29, 0.717) is 6.04 Å². The smallest absolute Gasteiger partial charge is 0.142 e. The van der Waals surface area contributed by atoms with Gasteiger partial charge in [-0.05, 0) is 19.2 Å². The molecule has 0 aromatic heterocycles. The first-order valence-corrected chi connectivity index (χ1v) is 6.47. The van der Waals surface area contributed by atoms with Crippen molar-refractivity contribution in [2.24, 2.45) is 0 Å². The summed E-state index contributed by atoms with van der Waals surface area (Å²) in [4.78, 5) is 4.63. The number of nitrogens with one attached hydrogen (secondary N) is 1. The molecule has 1 fully saturated rings. The van der Waals surface area contributed by atoms with Gasteiger partial charge >= 0.3 is 0 Å². The van der Waals surface area contributed by atoms with Gasteiger partial charge in [-0.15, -0.1) is 0 Å². The fraction of sp³-hybridized carbons (Fsp3) is 0.571. The highest BCUT2D eigenvalue weighted by Gasteiger charge is 2.19. The van der Waals surface area contributed by atoms with E-state index in [-0.39, 0.29) is 0 Å². The number of para-hydroxylation sites is 2. The van der Waals surface area contributed by atoms with Gasteiger partial charge in [0.1, 0.15) is 5.75 Å². The Balaban J connectivity index is 2.00. The average molecular weight is 249 g/mol. The Morgan fingerprint density at radius 2 is 2.22 bits per heavy atom. The lowest BCUT2D eigenvalue weighted by Gasteiger charge is -2.34. The Labute approximate surface area is 110 Å². The van der Waals surface area contributed by atoms with E-state index in [1.54, 1.807) is 7.11 Å². The van der Waals surface area contributed by atoms with Crippen molar-refractivity contribution in [2.45, 2.75) is 6.04 Å². The molecule has 1 unspecified atom stereocenters. The highest BCUT2D eigenvalue weighted by atomic mass is 16.5. The van der Waals surface area contributed by atoms with Crippen LogP contribution in [0.5, 0.6) is 5.75 Å². The predicted octanol–water partition coefficient (Wildman–Crippen LogP) is 1.03. The minimum atomic E-state index is 0.513. The van der Waals surface area contributed by atoms with Crippen LogP contribution in [0.3, 0.4) is 0 Å². The van der Waals surface area contributed by atoms with E-state index in [1.807, 2.05) is 12.1 Å². The maximum absolute atomic E-state index is 5.40. The summed E-state index contributed by atoms with van der Waals surface area (Å²) in [6, 6.07) is 8.67. The van der Waals surface area contributed by atoms with Gasteiger partial charge in [-0.25, -0.2) is 0 Å². The quantitative estimate of drug-likeness (QED) is 0.863. The normalized spacial score (nSPS) is 20.7. The number of benzene rings is 1. The van der Waals surface area contributed by atoms with Crippen LogP contribution in [0, 0.1) is 0 Å². The van der Waals surface area contributed by atoms with Gasteiger partial charge in [0.05, 0.1) is 12.8 Å². The summed E-state index contributed by atoms with van der Waals surface area (Å²) in [5.41, 5.74) is 1.15. The Morgan fingerprint density at radius 3 is 2.94 bits per heavy atom. The van der Waals surface area contributed by atoms with Crippen molar-refractivity contribution in [2.75, 3.05) is 52.3 Å². The molecule has 1 aromatic rings. The fourth-order valence-corrected chi connectivity index (χ4v) is 2.49. The molecular weight excluding hydrogens is 226 g/mol. The van der Waals surface area contributed by atoms with Gasteiger partial charge in [0.25, 0.3) is 0 Å². The molecular formula is C14H23N3O. The van der Waals surface area contributed by atoms with Gasteiger partial charge < -0.3 is 19.9 Å². The van der Waals surface area contributed by atoms with Crippen molar-refractivity contribution < 1.29 is 4.74 Å². The molecule has 0 bridgehead atoms. The van der Waals surface area contributed by atoms with Crippen molar-refractivity contribution in [1.82, 2.24) is 10.2 Å². The molecule has 0 radical (unpaired) electrons. The Bertz CT molecular complexity index is 383. The topological polar surface area (TPSA) is 27.7 Å². The van der Waals surface area contributed by atoms with Crippen LogP contribution >= 0.6 is 0 Å². The van der Waals surface area contributed by atoms with Crippen LogP contribution < -0.4 is 15.0 Å². The summed E-state index contributed by atoms with van der Waals surface area (Å²) in [5.74, 6) is 0.934. The van der Waals surface area contributed by atoms with Gasteiger partial charge in [-0.1, -0.05) is 12.1 Å². The van der Waals surface area contributed by atoms with Crippen LogP contribution in [0.2, 0.25) is 0 Å². The maximum atomic E-state index is 5.40. The zero-order valence-corrected chi connectivity index (χ0v) is 11.5. The van der Waals surface area contributed by atoms with E-state index >= 15 is 0 Å². The Kier molecular flexibility index (Phi) is 4.44. The molecule has 0 aliphatic carbocycles. The molecule has 100 valence electrons. The number of hydrogen-bond acceptors (Lipinski definition) is 4. The van der Waals surface area contributed by atoms with Gasteiger partial charge in [0.2, 0.25) is 0 Å². The molecule has 4 heteroatoms. The van der Waals surface area contributed by atoms with E-state index in [4.69, 9.17) is 4.74 Å². The van der Waals surface area contributed by atoms with Crippen molar-refractivity contribution in [3.05, 3.63) is 24.3 Å². The minimum Gasteiger partial charge on any atom is -0.495 e. The van der Waals surface area contributed by atoms with E-state index in [9.17, 15) is 0 Å². The van der Waals surface area contributed by atoms with E-state index in [1.165, 1.54) is 0 Å². The molecule has 1 aromatic carbocycles. The Morgan fingerprint density at radius 1 is 1.44 bits per heavy atom. The van der Waals surface area contributed by atoms with Crippen LogP contribution in [0.1, 0.15) is 0 Å². The number of nitrogens with zero attached hydrogens (tertiary/aromatic N) is 2. The van der Waals surface area contributed by atoms with Gasteiger partial charge in [0, 0.05) is 39.3 Å². The zero-order chi connectivity index (χ0) is 13.0. The second-order valence-electron chi connectivity index (χ2n) is 4.97. The highest BCUT2D eigenvalue weighted by Crippen LogP contribution is 2.26. The molecule has 1 aliphatic rings. The monoisotopic (exact) mass is 249 g/mol. The zero-order valence-electron chi connectivity index (χ0n) is 11.5. The number of likely N-dealkylation sites (N-methyl/N-ethyl adjacent to an activating group) is 2. The molecule has 18 heavy (non-hydrogen) atoms. The number of hydrogen-bond donors (Lipinski definition) is 1. The third kappa shape index (κ3) is 3.15. The molecule has 0 spiro atoms. The molecule has 1 saturated heterocycles. The summed E-state index contributed by atoms with van der Waals surface area (Å²) < 4.78 is 5.40. The highest BCUT2D eigenvalue weighted by molar-refractivity contribution is 5.57. The fourth-order valence-electron chi connectivity index (χ4n) is 2.49. The summed E-state index contributed by atoms with van der Waals surface area (Å²) >= 11 is 0. The van der Waals surface area contributed by atoms with Crippen molar-refractivity contribution in [1.29, 1.82) is 0 Å². The minimum absolute atomic E-state index is 0.513. The molecule has 0 amide bonds. The van der Waals surface area contributed by atoms with E-state index < -0.39 is 0 Å². The lowest BCUT2D eigenvalue weighted by Crippen LogP contribution is -2.53. The van der Waals surface area contributed by atoms with E-state index in [2.05, 4.69) is 41.3 Å². The molecule has 4 nitrogen and oxygen atoms in total. The number of ether oxygens (including phenoxy) is 1. The SMILES string of the molecule is COc1ccccc1N(C)CC1CN(C)CCN1. The first kappa shape index (κ1) is 13.2. The summed E-state index contributed by atoms with van der Waals surface area (Å²) in [7, 11) is 6.02. The predicted molar refractivity (Wildman–Crippen MR) is 75.6 cm³/mol. The number of methoxy groups -OCH3 is 1. The molecule has 1 N–H and O–H groups in total. The maximum Gasteiger partial charge on any atom is 0.142 e. The second-order valence-corrected chi connectivity index (χ2v) is 4.97. The van der Waals surface area contributed by atoms with Crippen LogP contribution in [0.4, 0.5) is 5.69 Å². The van der Waals surface area contributed by atoms with Gasteiger partial charge in [-0.3, -0.25) is 0 Å². The van der Waals surface area contributed by atoms with Crippen molar-refractivity contribution in [3.63, 3.8) is 0 Å². The summed E-state index contributed by atoms with van der Waals surface area (Å²) in [6.45, 7) is 4.29. The van der Waals surface area contributed by atoms with Crippen molar-refractivity contribution >= 4 is 5.69 Å². The van der Waals surface area contributed by atoms with Gasteiger partial charge in [-0.2, -0.15) is 0 Å². The lowest BCUT2D eigenvalue weighted by atomic mass is 10.2. The average Bonchev–Trinajstić information content (AvgIpc) is 2.38. The molecule has 0 saturated carbocycles.